The first-order valence-electron chi connectivity index (χ1n) is 12.1. The highest BCUT2D eigenvalue weighted by molar-refractivity contribution is 6.01. The fourth-order valence-corrected chi connectivity index (χ4v) is 4.44. The molecular formula is C28H33FN3O3+. The molecule has 4 rings (SSSR count). The van der Waals surface area contributed by atoms with Crippen LogP contribution in [0.1, 0.15) is 41.5 Å². The zero-order valence-electron chi connectivity index (χ0n) is 20.5. The van der Waals surface area contributed by atoms with E-state index in [1.165, 1.54) is 17.0 Å². The molecule has 0 bridgehead atoms. The van der Waals surface area contributed by atoms with Crippen LogP contribution in [0.5, 0.6) is 11.5 Å². The Labute approximate surface area is 206 Å². The Morgan fingerprint density at radius 1 is 1.03 bits per heavy atom. The maximum atomic E-state index is 13.5. The Morgan fingerprint density at radius 3 is 2.49 bits per heavy atom. The number of quaternary nitrogens is 1. The fourth-order valence-electron chi connectivity index (χ4n) is 4.44. The minimum Gasteiger partial charge on any atom is -0.496 e. The van der Waals surface area contributed by atoms with Crippen LogP contribution in [0.2, 0.25) is 0 Å². The molecule has 1 atom stereocenters. The minimum atomic E-state index is -0.317. The van der Waals surface area contributed by atoms with Crippen LogP contribution < -0.4 is 19.7 Å². The Hall–Kier alpha value is -3.58. The second-order valence-electron chi connectivity index (χ2n) is 8.61. The number of para-hydroxylation sites is 1. The van der Waals surface area contributed by atoms with E-state index < -0.39 is 0 Å². The van der Waals surface area contributed by atoms with Gasteiger partial charge in [-0.25, -0.2) is 4.39 Å². The highest BCUT2D eigenvalue weighted by Crippen LogP contribution is 2.34. The van der Waals surface area contributed by atoms with Crippen LogP contribution in [0.3, 0.4) is 0 Å². The Bertz CT molecular complexity index is 1150. The number of hydrogen-bond donors (Lipinski definition) is 2. The Balaban J connectivity index is 1.63. The summed E-state index contributed by atoms with van der Waals surface area (Å²) < 4.78 is 24.7. The predicted octanol–water partition coefficient (Wildman–Crippen LogP) is 3.90. The highest BCUT2D eigenvalue weighted by Gasteiger charge is 2.33. The van der Waals surface area contributed by atoms with Crippen molar-refractivity contribution in [2.24, 2.45) is 0 Å². The van der Waals surface area contributed by atoms with Crippen molar-refractivity contribution < 1.29 is 23.6 Å². The van der Waals surface area contributed by atoms with Gasteiger partial charge in [-0.05, 0) is 67.9 Å². The first-order chi connectivity index (χ1) is 17.0. The quantitative estimate of drug-likeness (QED) is 0.464. The van der Waals surface area contributed by atoms with Crippen molar-refractivity contribution in [1.29, 1.82) is 0 Å². The second kappa shape index (κ2) is 11.2. The topological polar surface area (TPSA) is 55.2 Å². The third-order valence-electron chi connectivity index (χ3n) is 6.56. The van der Waals surface area contributed by atoms with Crippen molar-refractivity contribution in [3.05, 3.63) is 89.2 Å². The number of carbonyl (C=O) groups excluding carboxylic acids is 1. The lowest BCUT2D eigenvalue weighted by Crippen LogP contribution is -3.12. The van der Waals surface area contributed by atoms with Gasteiger partial charge in [-0.15, -0.1) is 0 Å². The summed E-state index contributed by atoms with van der Waals surface area (Å²) in [5.74, 6) is 0.979. The number of benzene rings is 3. The lowest BCUT2D eigenvalue weighted by atomic mass is 10.0. The largest absolute Gasteiger partial charge is 0.496 e. The van der Waals surface area contributed by atoms with Gasteiger partial charge < -0.3 is 24.6 Å². The van der Waals surface area contributed by atoms with E-state index in [4.69, 9.17) is 9.47 Å². The first kappa shape index (κ1) is 24.5. The number of halogens is 1. The number of carbonyl (C=O) groups is 1. The molecule has 0 saturated carbocycles. The molecule has 0 aliphatic carbocycles. The zero-order chi connectivity index (χ0) is 24.8. The molecule has 0 unspecified atom stereocenters. The molecular weight excluding hydrogens is 445 g/mol. The SMILES string of the molecule is CC[NH+](CC)CCN1C(=O)c2ccccc2N[C@@H]1c1ccc(OC)c(COc2ccc(F)cc2)c1. The summed E-state index contributed by atoms with van der Waals surface area (Å²) in [6, 6.07) is 19.5. The van der Waals surface area contributed by atoms with Gasteiger partial charge in [0.05, 0.1) is 38.9 Å². The third kappa shape index (κ3) is 5.57. The van der Waals surface area contributed by atoms with Crippen LogP contribution in [-0.4, -0.2) is 44.1 Å². The summed E-state index contributed by atoms with van der Waals surface area (Å²) in [5, 5.41) is 3.57. The lowest BCUT2D eigenvalue weighted by molar-refractivity contribution is -0.895. The first-order valence-corrected chi connectivity index (χ1v) is 12.1. The van der Waals surface area contributed by atoms with Crippen molar-refractivity contribution in [2.75, 3.05) is 38.6 Å². The smallest absolute Gasteiger partial charge is 0.258 e. The maximum absolute atomic E-state index is 13.5. The normalized spacial score (nSPS) is 15.1. The van der Waals surface area contributed by atoms with Crippen LogP contribution in [0.4, 0.5) is 10.1 Å². The summed E-state index contributed by atoms with van der Waals surface area (Å²) in [5.41, 5.74) is 3.30. The van der Waals surface area contributed by atoms with Gasteiger partial charge in [0.25, 0.3) is 5.91 Å². The van der Waals surface area contributed by atoms with Gasteiger partial charge in [0.2, 0.25) is 0 Å². The van der Waals surface area contributed by atoms with E-state index in [1.807, 2.05) is 47.4 Å². The van der Waals surface area contributed by atoms with Crippen LogP contribution in [0.25, 0.3) is 0 Å². The number of nitrogens with zero attached hydrogens (tertiary/aromatic N) is 1. The molecule has 1 heterocycles. The van der Waals surface area contributed by atoms with E-state index >= 15 is 0 Å². The van der Waals surface area contributed by atoms with Crippen molar-refractivity contribution in [2.45, 2.75) is 26.6 Å². The third-order valence-corrected chi connectivity index (χ3v) is 6.56. The monoisotopic (exact) mass is 478 g/mol. The number of amides is 1. The molecule has 1 amide bonds. The molecule has 0 saturated heterocycles. The number of likely N-dealkylation sites (N-methyl/N-ethyl adjacent to an activating group) is 1. The van der Waals surface area contributed by atoms with Gasteiger partial charge in [-0.3, -0.25) is 4.79 Å². The van der Waals surface area contributed by atoms with Crippen molar-refractivity contribution in [3.8, 4) is 11.5 Å². The molecule has 184 valence electrons. The number of fused-ring (bicyclic) bond motifs is 1. The van der Waals surface area contributed by atoms with Gasteiger partial charge in [0.1, 0.15) is 30.1 Å². The summed E-state index contributed by atoms with van der Waals surface area (Å²) >= 11 is 0. The fraction of sp³-hybridized carbons (Fsp3) is 0.321. The minimum absolute atomic E-state index is 0.0239. The number of rotatable bonds is 10. The zero-order valence-corrected chi connectivity index (χ0v) is 20.5. The van der Waals surface area contributed by atoms with Gasteiger partial charge in [-0.1, -0.05) is 18.2 Å². The van der Waals surface area contributed by atoms with Gasteiger partial charge in [0, 0.05) is 11.3 Å². The number of methoxy groups -OCH3 is 1. The number of nitrogens with one attached hydrogen (secondary N) is 2. The highest BCUT2D eigenvalue weighted by atomic mass is 19.1. The van der Waals surface area contributed by atoms with Crippen LogP contribution in [0, 0.1) is 5.82 Å². The molecule has 0 spiro atoms. The maximum Gasteiger partial charge on any atom is 0.258 e. The molecule has 3 aromatic rings. The van der Waals surface area contributed by atoms with Crippen LogP contribution in [-0.2, 0) is 6.61 Å². The van der Waals surface area contributed by atoms with Crippen LogP contribution >= 0.6 is 0 Å². The average Bonchev–Trinajstić information content (AvgIpc) is 2.89. The molecule has 1 aliphatic rings. The van der Waals surface area contributed by atoms with Gasteiger partial charge in [-0.2, -0.15) is 0 Å². The second-order valence-corrected chi connectivity index (χ2v) is 8.61. The predicted molar refractivity (Wildman–Crippen MR) is 134 cm³/mol. The van der Waals surface area contributed by atoms with Crippen molar-refractivity contribution >= 4 is 11.6 Å². The van der Waals surface area contributed by atoms with E-state index in [0.29, 0.717) is 23.6 Å². The Morgan fingerprint density at radius 2 is 1.77 bits per heavy atom. The van der Waals surface area contributed by atoms with E-state index in [-0.39, 0.29) is 24.5 Å². The number of ether oxygens (including phenoxy) is 2. The van der Waals surface area contributed by atoms with Gasteiger partial charge >= 0.3 is 0 Å². The summed E-state index contributed by atoms with van der Waals surface area (Å²) in [6.45, 7) is 8.12. The summed E-state index contributed by atoms with van der Waals surface area (Å²) in [6.07, 6.45) is -0.317. The molecule has 0 aromatic heterocycles. The molecule has 1 aliphatic heterocycles. The van der Waals surface area contributed by atoms with Crippen molar-refractivity contribution in [3.63, 3.8) is 0 Å². The molecule has 2 N–H and O–H groups in total. The number of hydrogen-bond acceptors (Lipinski definition) is 4. The molecule has 0 fully saturated rings. The summed E-state index contributed by atoms with van der Waals surface area (Å²) in [7, 11) is 1.62. The lowest BCUT2D eigenvalue weighted by Gasteiger charge is -2.38. The Kier molecular flexibility index (Phi) is 7.87. The van der Waals surface area contributed by atoms with E-state index in [9.17, 15) is 9.18 Å². The average molecular weight is 479 g/mol. The standard InChI is InChI=1S/C28H32FN3O3/c1-4-31(5-2)16-17-32-27(30-25-9-7-6-8-24(25)28(32)33)20-10-15-26(34-3)21(18-20)19-35-23-13-11-22(29)12-14-23/h6-15,18,27,30H,4-5,16-17,19H2,1-3H3/p+1/t27-/m0/s1. The van der Waals surface area contributed by atoms with E-state index in [0.717, 1.165) is 36.4 Å². The van der Waals surface area contributed by atoms with Crippen LogP contribution in [0.15, 0.2) is 66.7 Å². The summed E-state index contributed by atoms with van der Waals surface area (Å²) in [4.78, 5) is 16.9. The van der Waals surface area contributed by atoms with E-state index in [1.54, 1.807) is 19.2 Å². The molecule has 6 nitrogen and oxygen atoms in total. The molecule has 0 radical (unpaired) electrons. The van der Waals surface area contributed by atoms with E-state index in [2.05, 4.69) is 19.2 Å². The van der Waals surface area contributed by atoms with Crippen molar-refractivity contribution in [1.82, 2.24) is 4.90 Å². The molecule has 35 heavy (non-hydrogen) atoms. The molecule has 7 heteroatoms. The number of anilines is 1. The van der Waals surface area contributed by atoms with Gasteiger partial charge in [0.15, 0.2) is 0 Å². The molecule has 3 aromatic carbocycles.